The number of carbonyl (C=O) groups excluding carboxylic acids is 1. The van der Waals surface area contributed by atoms with Gasteiger partial charge in [0.05, 0.1) is 26.1 Å². The number of nitrogens with zero attached hydrogens (tertiary/aromatic N) is 5. The SMILES string of the molecule is CN=CC(=CN)c1cnc2ccc(=Nc3cc(OC)cc(OC)c3F)n(CC3CCC(=O)N3)c2n1. The molecule has 3 N–H and O–H groups in total. The maximum absolute atomic E-state index is 15.1. The minimum absolute atomic E-state index is 0.0113. The number of hydrogen-bond donors (Lipinski definition) is 2. The summed E-state index contributed by atoms with van der Waals surface area (Å²) in [7, 11) is 4.49. The fraction of sp³-hybridized carbons (Fsp3) is 0.292. The largest absolute Gasteiger partial charge is 0.497 e. The van der Waals surface area contributed by atoms with E-state index in [1.54, 1.807) is 31.6 Å². The molecule has 1 aromatic carbocycles. The van der Waals surface area contributed by atoms with E-state index in [-0.39, 0.29) is 23.4 Å². The Hall–Kier alpha value is -4.28. The summed E-state index contributed by atoms with van der Waals surface area (Å²) in [5, 5.41) is 2.96. The first-order valence-corrected chi connectivity index (χ1v) is 10.9. The number of benzene rings is 1. The number of ether oxygens (including phenoxy) is 2. The summed E-state index contributed by atoms with van der Waals surface area (Å²) >= 11 is 0. The van der Waals surface area contributed by atoms with E-state index in [1.807, 2.05) is 4.57 Å². The summed E-state index contributed by atoms with van der Waals surface area (Å²) in [6.45, 7) is 0.367. The molecule has 3 heterocycles. The van der Waals surface area contributed by atoms with Crippen LogP contribution in [0.2, 0.25) is 0 Å². The third-order valence-electron chi connectivity index (χ3n) is 5.62. The number of pyridine rings is 1. The minimum Gasteiger partial charge on any atom is -0.497 e. The molecule has 4 rings (SSSR count). The summed E-state index contributed by atoms with van der Waals surface area (Å²) in [6, 6.07) is 6.28. The molecule has 1 aliphatic heterocycles. The van der Waals surface area contributed by atoms with E-state index in [4.69, 9.17) is 20.2 Å². The van der Waals surface area contributed by atoms with Crippen molar-refractivity contribution in [3.8, 4) is 11.5 Å². The Kier molecular flexibility index (Phi) is 7.04. The van der Waals surface area contributed by atoms with Gasteiger partial charge >= 0.3 is 0 Å². The lowest BCUT2D eigenvalue weighted by molar-refractivity contribution is -0.119. The molecule has 1 amide bonds. The van der Waals surface area contributed by atoms with Crippen LogP contribution in [0, 0.1) is 5.82 Å². The Labute approximate surface area is 201 Å². The molecule has 1 fully saturated rings. The van der Waals surface area contributed by atoms with Crippen molar-refractivity contribution in [1.29, 1.82) is 0 Å². The third kappa shape index (κ3) is 4.98. The Balaban J connectivity index is 1.96. The number of hydrogen-bond acceptors (Lipinski definition) is 8. The standard InChI is InChI=1S/C24H26FN7O3/c1-27-11-14(10-26)19-12-28-17-5-6-21(30-18-8-16(34-2)9-20(35-3)23(18)25)32(24(17)31-19)13-15-4-7-22(33)29-15/h5-6,8-12,15H,4,7,13,26H2,1-3H3,(H,29,33). The van der Waals surface area contributed by atoms with Crippen molar-refractivity contribution >= 4 is 34.5 Å². The van der Waals surface area contributed by atoms with Crippen LogP contribution in [0.15, 0.2) is 46.6 Å². The monoisotopic (exact) mass is 479 g/mol. The van der Waals surface area contributed by atoms with Crippen molar-refractivity contribution in [2.75, 3.05) is 21.3 Å². The van der Waals surface area contributed by atoms with Crippen molar-refractivity contribution in [2.24, 2.45) is 15.7 Å². The number of rotatable bonds is 7. The van der Waals surface area contributed by atoms with Gasteiger partial charge in [-0.3, -0.25) is 14.8 Å². The van der Waals surface area contributed by atoms with E-state index in [1.165, 1.54) is 32.6 Å². The summed E-state index contributed by atoms with van der Waals surface area (Å²) in [6.07, 6.45) is 5.69. The molecule has 182 valence electrons. The van der Waals surface area contributed by atoms with Gasteiger partial charge in [-0.2, -0.15) is 0 Å². The minimum atomic E-state index is -0.624. The number of amides is 1. The fourth-order valence-corrected chi connectivity index (χ4v) is 3.87. The van der Waals surface area contributed by atoms with Crippen molar-refractivity contribution in [3.63, 3.8) is 0 Å². The first-order valence-electron chi connectivity index (χ1n) is 10.9. The number of aromatic nitrogens is 3. The topological polar surface area (TPSA) is 129 Å². The molecule has 35 heavy (non-hydrogen) atoms. The lowest BCUT2D eigenvalue weighted by Crippen LogP contribution is -2.34. The second-order valence-electron chi connectivity index (χ2n) is 7.85. The maximum atomic E-state index is 15.1. The normalized spacial score (nSPS) is 16.8. The van der Waals surface area contributed by atoms with Crippen LogP contribution in [0.3, 0.4) is 0 Å². The molecule has 0 spiro atoms. The number of nitrogens with two attached hydrogens (primary N) is 1. The summed E-state index contributed by atoms with van der Waals surface area (Å²) in [5.74, 6) is -0.230. The maximum Gasteiger partial charge on any atom is 0.220 e. The van der Waals surface area contributed by atoms with Crippen LogP contribution in [-0.2, 0) is 11.3 Å². The predicted octanol–water partition coefficient (Wildman–Crippen LogP) is 2.10. The molecule has 3 aromatic rings. The van der Waals surface area contributed by atoms with Crippen LogP contribution < -0.4 is 26.0 Å². The number of methoxy groups -OCH3 is 2. The molecule has 0 bridgehead atoms. The Bertz CT molecular complexity index is 1400. The van der Waals surface area contributed by atoms with Gasteiger partial charge in [0, 0.05) is 56.2 Å². The van der Waals surface area contributed by atoms with Crippen molar-refractivity contribution in [1.82, 2.24) is 19.9 Å². The number of halogens is 1. The van der Waals surface area contributed by atoms with Gasteiger partial charge in [-0.25, -0.2) is 14.4 Å². The molecule has 2 aromatic heterocycles. The Morgan fingerprint density at radius 1 is 1.34 bits per heavy atom. The van der Waals surface area contributed by atoms with Crippen LogP contribution in [0.4, 0.5) is 10.1 Å². The molecule has 1 saturated heterocycles. The van der Waals surface area contributed by atoms with E-state index in [0.717, 1.165) is 0 Å². The number of nitrogens with one attached hydrogen (secondary N) is 1. The Morgan fingerprint density at radius 2 is 2.17 bits per heavy atom. The fourth-order valence-electron chi connectivity index (χ4n) is 3.87. The van der Waals surface area contributed by atoms with E-state index < -0.39 is 5.82 Å². The van der Waals surface area contributed by atoms with Gasteiger partial charge in [0.2, 0.25) is 5.91 Å². The number of aliphatic imine (C=N–C) groups is 1. The molecule has 0 radical (unpaired) electrons. The van der Waals surface area contributed by atoms with Gasteiger partial charge in [0.1, 0.15) is 22.4 Å². The second kappa shape index (κ2) is 10.3. The van der Waals surface area contributed by atoms with Crippen LogP contribution in [0.25, 0.3) is 16.7 Å². The molecular weight excluding hydrogens is 453 g/mol. The lowest BCUT2D eigenvalue weighted by atomic mass is 10.2. The molecule has 0 aliphatic carbocycles. The summed E-state index contributed by atoms with van der Waals surface area (Å²) in [5.41, 5.74) is 8.43. The highest BCUT2D eigenvalue weighted by Gasteiger charge is 2.22. The van der Waals surface area contributed by atoms with Gasteiger partial charge < -0.3 is 25.1 Å². The van der Waals surface area contributed by atoms with E-state index >= 15 is 4.39 Å². The lowest BCUT2D eigenvalue weighted by Gasteiger charge is -2.16. The molecule has 1 aliphatic rings. The first kappa shape index (κ1) is 23.9. The molecular formula is C24H26FN7O3. The molecule has 1 atom stereocenters. The van der Waals surface area contributed by atoms with Crippen molar-refractivity contribution in [2.45, 2.75) is 25.4 Å². The average Bonchev–Trinajstić information content (AvgIpc) is 3.29. The third-order valence-corrected chi connectivity index (χ3v) is 5.62. The number of carbonyl (C=O) groups is 1. The quantitative estimate of drug-likeness (QED) is 0.500. The zero-order valence-electron chi connectivity index (χ0n) is 19.7. The van der Waals surface area contributed by atoms with Crippen LogP contribution in [0.1, 0.15) is 18.5 Å². The average molecular weight is 480 g/mol. The van der Waals surface area contributed by atoms with Crippen LogP contribution in [0.5, 0.6) is 11.5 Å². The highest BCUT2D eigenvalue weighted by Crippen LogP contribution is 2.32. The summed E-state index contributed by atoms with van der Waals surface area (Å²) < 4.78 is 27.3. The Morgan fingerprint density at radius 3 is 2.83 bits per heavy atom. The second-order valence-corrected chi connectivity index (χ2v) is 7.85. The van der Waals surface area contributed by atoms with Gasteiger partial charge in [-0.15, -0.1) is 0 Å². The van der Waals surface area contributed by atoms with Crippen LogP contribution >= 0.6 is 0 Å². The smallest absolute Gasteiger partial charge is 0.220 e. The van der Waals surface area contributed by atoms with Gasteiger partial charge in [0.15, 0.2) is 17.2 Å². The first-order chi connectivity index (χ1) is 17.0. The van der Waals surface area contributed by atoms with Crippen molar-refractivity contribution < 1.29 is 18.7 Å². The van der Waals surface area contributed by atoms with Crippen LogP contribution in [-0.4, -0.2) is 54.0 Å². The van der Waals surface area contributed by atoms with Gasteiger partial charge in [-0.05, 0) is 18.6 Å². The molecule has 11 heteroatoms. The highest BCUT2D eigenvalue weighted by atomic mass is 19.1. The molecule has 0 saturated carbocycles. The zero-order valence-corrected chi connectivity index (χ0v) is 19.7. The molecule has 1 unspecified atom stereocenters. The van der Waals surface area contributed by atoms with E-state index in [2.05, 4.69) is 20.3 Å². The highest BCUT2D eigenvalue weighted by molar-refractivity contribution is 6.08. The van der Waals surface area contributed by atoms with Gasteiger partial charge in [0.25, 0.3) is 0 Å². The van der Waals surface area contributed by atoms with E-state index in [9.17, 15) is 4.79 Å². The van der Waals surface area contributed by atoms with Crippen molar-refractivity contribution in [3.05, 3.63) is 53.7 Å². The van der Waals surface area contributed by atoms with E-state index in [0.29, 0.717) is 53.1 Å². The number of fused-ring (bicyclic) bond motifs is 1. The number of allylic oxidation sites excluding steroid dienone is 1. The zero-order chi connectivity index (χ0) is 24.9. The molecule has 10 nitrogen and oxygen atoms in total. The predicted molar refractivity (Wildman–Crippen MR) is 130 cm³/mol. The summed E-state index contributed by atoms with van der Waals surface area (Å²) in [4.78, 5) is 29.7. The van der Waals surface area contributed by atoms with Gasteiger partial charge in [-0.1, -0.05) is 0 Å².